The van der Waals surface area contributed by atoms with E-state index in [1.807, 2.05) is 0 Å². The monoisotopic (exact) mass is 345 g/mol. The van der Waals surface area contributed by atoms with E-state index in [0.717, 1.165) is 29.0 Å². The highest BCUT2D eigenvalue weighted by molar-refractivity contribution is 5.92. The summed E-state index contributed by atoms with van der Waals surface area (Å²) >= 11 is 0. The van der Waals surface area contributed by atoms with E-state index in [9.17, 15) is 4.79 Å². The molecule has 3 nitrogen and oxygen atoms in total. The Balaban J connectivity index is 2.37. The van der Waals surface area contributed by atoms with Crippen LogP contribution in [0, 0.1) is 19.3 Å². The van der Waals surface area contributed by atoms with Crippen molar-refractivity contribution in [3.05, 3.63) is 22.8 Å². The predicted octanol–water partition coefficient (Wildman–Crippen LogP) is 6.12. The van der Waals surface area contributed by atoms with Gasteiger partial charge >= 0.3 is 0 Å². The predicted molar refractivity (Wildman–Crippen MR) is 106 cm³/mol. The van der Waals surface area contributed by atoms with Crippen LogP contribution in [0.15, 0.2) is 6.07 Å². The van der Waals surface area contributed by atoms with Crippen LogP contribution in [-0.4, -0.2) is 11.5 Å². The third kappa shape index (κ3) is 4.37. The smallest absolute Gasteiger partial charge is 0.224 e. The molecule has 1 aromatic rings. The van der Waals surface area contributed by atoms with Crippen molar-refractivity contribution >= 4 is 11.6 Å². The number of nitrogens with one attached hydrogen (secondary N) is 1. The van der Waals surface area contributed by atoms with Crippen LogP contribution in [0.5, 0.6) is 5.75 Å². The maximum atomic E-state index is 12.4. The molecule has 1 aliphatic rings. The van der Waals surface area contributed by atoms with Crippen molar-refractivity contribution < 1.29 is 9.53 Å². The molecule has 0 bridgehead atoms. The van der Waals surface area contributed by atoms with Gasteiger partial charge in [0.2, 0.25) is 5.91 Å². The first kappa shape index (κ1) is 19.8. The molecule has 1 atom stereocenters. The molecule has 1 aliphatic heterocycles. The van der Waals surface area contributed by atoms with E-state index < -0.39 is 0 Å². The molecule has 1 heterocycles. The van der Waals surface area contributed by atoms with E-state index >= 15 is 0 Å². The van der Waals surface area contributed by atoms with Gasteiger partial charge in [-0.2, -0.15) is 0 Å². The minimum absolute atomic E-state index is 0.0154. The molecule has 1 N–H and O–H groups in total. The van der Waals surface area contributed by atoms with Gasteiger partial charge in [-0.15, -0.1) is 0 Å². The lowest BCUT2D eigenvalue weighted by atomic mass is 9.82. The fourth-order valence-electron chi connectivity index (χ4n) is 3.74. The molecule has 1 unspecified atom stereocenters. The number of unbranched alkanes of at least 4 members (excludes halogenated alkanes) is 1. The number of rotatable bonds is 5. The number of carbonyl (C=O) groups is 1. The molecule has 0 radical (unpaired) electrons. The topological polar surface area (TPSA) is 38.3 Å². The third-order valence-corrected chi connectivity index (χ3v) is 5.26. The number of fused-ring (bicyclic) bond motifs is 1. The zero-order valence-corrected chi connectivity index (χ0v) is 17.3. The second-order valence-corrected chi connectivity index (χ2v) is 9.28. The molecule has 2 rings (SSSR count). The Morgan fingerprint density at radius 2 is 1.88 bits per heavy atom. The van der Waals surface area contributed by atoms with Gasteiger partial charge in [-0.25, -0.2) is 0 Å². The summed E-state index contributed by atoms with van der Waals surface area (Å²) in [5, 5.41) is 3.15. The average molecular weight is 346 g/mol. The van der Waals surface area contributed by atoms with Gasteiger partial charge in [0.05, 0.1) is 0 Å². The number of ether oxygens (including phenoxy) is 1. The fourth-order valence-corrected chi connectivity index (χ4v) is 3.74. The van der Waals surface area contributed by atoms with Gasteiger partial charge in [0, 0.05) is 23.6 Å². The standard InChI is InChI=1S/C22H35NO2/c1-9-10-11-17-16-12-18(23-19(24)13-21(4,5)6)14(2)15(3)20(16)25-22(17,7)8/h12,17H,9-11,13H2,1-8H3,(H,23,24). The minimum Gasteiger partial charge on any atom is -0.487 e. The quantitative estimate of drug-likeness (QED) is 0.698. The lowest BCUT2D eigenvalue weighted by molar-refractivity contribution is -0.117. The van der Waals surface area contributed by atoms with Gasteiger partial charge in [0.1, 0.15) is 11.4 Å². The summed E-state index contributed by atoms with van der Waals surface area (Å²) in [6.07, 6.45) is 4.01. The van der Waals surface area contributed by atoms with E-state index in [2.05, 4.69) is 66.8 Å². The zero-order chi connectivity index (χ0) is 19.0. The van der Waals surface area contributed by atoms with E-state index in [0.29, 0.717) is 12.3 Å². The second-order valence-electron chi connectivity index (χ2n) is 9.28. The minimum atomic E-state index is -0.192. The van der Waals surface area contributed by atoms with Crippen LogP contribution < -0.4 is 10.1 Å². The Morgan fingerprint density at radius 3 is 2.44 bits per heavy atom. The maximum absolute atomic E-state index is 12.4. The van der Waals surface area contributed by atoms with Gasteiger partial charge in [-0.05, 0) is 56.7 Å². The number of hydrogen-bond donors (Lipinski definition) is 1. The van der Waals surface area contributed by atoms with Crippen molar-refractivity contribution in [1.82, 2.24) is 0 Å². The van der Waals surface area contributed by atoms with Gasteiger partial charge in [0.25, 0.3) is 0 Å². The number of carbonyl (C=O) groups excluding carboxylic acids is 1. The largest absolute Gasteiger partial charge is 0.487 e. The first-order valence-corrected chi connectivity index (χ1v) is 9.59. The van der Waals surface area contributed by atoms with E-state index in [1.165, 1.54) is 18.4 Å². The molecule has 3 heteroatoms. The molecule has 25 heavy (non-hydrogen) atoms. The SMILES string of the molecule is CCCCC1c2cc(NC(=O)CC(C)(C)C)c(C)c(C)c2OC1(C)C. The van der Waals surface area contributed by atoms with Crippen molar-refractivity contribution in [1.29, 1.82) is 0 Å². The number of amides is 1. The summed E-state index contributed by atoms with van der Waals surface area (Å²) in [4.78, 5) is 12.4. The van der Waals surface area contributed by atoms with Crippen molar-refractivity contribution in [2.45, 2.75) is 92.6 Å². The second kappa shape index (κ2) is 7.01. The van der Waals surface area contributed by atoms with Crippen LogP contribution in [0.3, 0.4) is 0 Å². The zero-order valence-electron chi connectivity index (χ0n) is 17.3. The molecule has 0 spiro atoms. The molecule has 0 saturated heterocycles. The summed E-state index contributed by atoms with van der Waals surface area (Å²) < 4.78 is 6.34. The van der Waals surface area contributed by atoms with Crippen molar-refractivity contribution in [2.24, 2.45) is 5.41 Å². The number of benzene rings is 1. The molecular weight excluding hydrogens is 310 g/mol. The molecule has 140 valence electrons. The van der Waals surface area contributed by atoms with E-state index in [4.69, 9.17) is 4.74 Å². The average Bonchev–Trinajstić information content (AvgIpc) is 2.71. The Morgan fingerprint density at radius 1 is 1.24 bits per heavy atom. The Labute approximate surface area is 153 Å². The molecule has 0 aliphatic carbocycles. The van der Waals surface area contributed by atoms with Crippen LogP contribution in [0.2, 0.25) is 0 Å². The summed E-state index contributed by atoms with van der Waals surface area (Å²) in [5.41, 5.74) is 4.24. The highest BCUT2D eigenvalue weighted by Crippen LogP contribution is 2.50. The molecule has 1 aromatic carbocycles. The number of anilines is 1. The van der Waals surface area contributed by atoms with Crippen LogP contribution in [0.25, 0.3) is 0 Å². The summed E-state index contributed by atoms with van der Waals surface area (Å²) in [6.45, 7) is 17.0. The summed E-state index contributed by atoms with van der Waals surface area (Å²) in [6, 6.07) is 2.16. The van der Waals surface area contributed by atoms with Gasteiger partial charge in [-0.3, -0.25) is 4.79 Å². The highest BCUT2D eigenvalue weighted by Gasteiger charge is 2.42. The summed E-state index contributed by atoms with van der Waals surface area (Å²) in [7, 11) is 0. The van der Waals surface area contributed by atoms with Crippen molar-refractivity contribution in [2.75, 3.05) is 5.32 Å². The third-order valence-electron chi connectivity index (χ3n) is 5.26. The lowest BCUT2D eigenvalue weighted by Gasteiger charge is -2.26. The van der Waals surface area contributed by atoms with Crippen LogP contribution in [0.1, 0.15) is 89.8 Å². The van der Waals surface area contributed by atoms with E-state index in [-0.39, 0.29) is 16.9 Å². The maximum Gasteiger partial charge on any atom is 0.224 e. The molecule has 0 fully saturated rings. The highest BCUT2D eigenvalue weighted by atomic mass is 16.5. The lowest BCUT2D eigenvalue weighted by Crippen LogP contribution is -2.30. The normalized spacial score (nSPS) is 18.6. The first-order chi connectivity index (χ1) is 11.5. The van der Waals surface area contributed by atoms with Gasteiger partial charge in [-0.1, -0.05) is 40.5 Å². The van der Waals surface area contributed by atoms with Crippen LogP contribution in [0.4, 0.5) is 5.69 Å². The van der Waals surface area contributed by atoms with Crippen LogP contribution >= 0.6 is 0 Å². The van der Waals surface area contributed by atoms with Gasteiger partial charge < -0.3 is 10.1 Å². The Hall–Kier alpha value is -1.51. The molecule has 0 aromatic heterocycles. The summed E-state index contributed by atoms with van der Waals surface area (Å²) in [5.74, 6) is 1.48. The number of hydrogen-bond acceptors (Lipinski definition) is 2. The van der Waals surface area contributed by atoms with Crippen molar-refractivity contribution in [3.8, 4) is 5.75 Å². The van der Waals surface area contributed by atoms with Crippen LogP contribution in [-0.2, 0) is 4.79 Å². The Kier molecular flexibility index (Phi) is 5.56. The molecule has 1 amide bonds. The van der Waals surface area contributed by atoms with E-state index in [1.54, 1.807) is 0 Å². The Bertz CT molecular complexity index is 653. The fraction of sp³-hybridized carbons (Fsp3) is 0.682. The molecule has 0 saturated carbocycles. The first-order valence-electron chi connectivity index (χ1n) is 9.59. The van der Waals surface area contributed by atoms with Crippen molar-refractivity contribution in [3.63, 3.8) is 0 Å². The molecular formula is C22H35NO2. The van der Waals surface area contributed by atoms with Gasteiger partial charge in [0.15, 0.2) is 0 Å².